The molecule has 2 rings (SSSR count). The summed E-state index contributed by atoms with van der Waals surface area (Å²) in [5.74, 6) is 0.845. The van der Waals surface area contributed by atoms with Gasteiger partial charge in [0.1, 0.15) is 0 Å². The molecule has 0 saturated heterocycles. The third-order valence-corrected chi connectivity index (χ3v) is 4.64. The van der Waals surface area contributed by atoms with Crippen molar-refractivity contribution in [1.29, 1.82) is 0 Å². The summed E-state index contributed by atoms with van der Waals surface area (Å²) in [6, 6.07) is 9.87. The summed E-state index contributed by atoms with van der Waals surface area (Å²) < 4.78 is 0. The SMILES string of the molecule is CC(C)(C(=O)NCC1CCCC1CO)c1ccccc1. The van der Waals surface area contributed by atoms with Crippen molar-refractivity contribution in [1.82, 2.24) is 5.32 Å². The quantitative estimate of drug-likeness (QED) is 0.867. The van der Waals surface area contributed by atoms with Crippen LogP contribution in [-0.2, 0) is 10.2 Å². The molecule has 1 aromatic rings. The normalized spacial score (nSPS) is 22.8. The topological polar surface area (TPSA) is 49.3 Å². The van der Waals surface area contributed by atoms with E-state index in [1.54, 1.807) is 0 Å². The van der Waals surface area contributed by atoms with Crippen LogP contribution in [0.5, 0.6) is 0 Å². The van der Waals surface area contributed by atoms with E-state index in [1.807, 2.05) is 44.2 Å². The molecule has 0 bridgehead atoms. The van der Waals surface area contributed by atoms with E-state index < -0.39 is 5.41 Å². The Bertz CT molecular complexity index is 442. The second-order valence-electron chi connectivity index (χ2n) is 6.33. The van der Waals surface area contributed by atoms with E-state index in [0.717, 1.165) is 24.8 Å². The van der Waals surface area contributed by atoms with Gasteiger partial charge in [0.05, 0.1) is 5.41 Å². The molecule has 1 aromatic carbocycles. The molecule has 1 fully saturated rings. The van der Waals surface area contributed by atoms with Crippen molar-refractivity contribution in [2.24, 2.45) is 11.8 Å². The van der Waals surface area contributed by atoms with Crippen LogP contribution in [0.2, 0.25) is 0 Å². The average molecular weight is 275 g/mol. The van der Waals surface area contributed by atoms with Gasteiger partial charge in [-0.25, -0.2) is 0 Å². The van der Waals surface area contributed by atoms with Crippen molar-refractivity contribution in [2.45, 2.75) is 38.5 Å². The highest BCUT2D eigenvalue weighted by atomic mass is 16.3. The van der Waals surface area contributed by atoms with E-state index in [0.29, 0.717) is 18.4 Å². The van der Waals surface area contributed by atoms with E-state index in [1.165, 1.54) is 0 Å². The molecular formula is C17H25NO2. The Morgan fingerprint density at radius 3 is 2.55 bits per heavy atom. The molecule has 1 aliphatic rings. The fourth-order valence-electron chi connectivity index (χ4n) is 3.05. The molecule has 2 unspecified atom stereocenters. The highest BCUT2D eigenvalue weighted by molar-refractivity contribution is 5.87. The van der Waals surface area contributed by atoms with Crippen molar-refractivity contribution in [3.05, 3.63) is 35.9 Å². The lowest BCUT2D eigenvalue weighted by Crippen LogP contribution is -2.42. The van der Waals surface area contributed by atoms with Crippen LogP contribution in [0.15, 0.2) is 30.3 Å². The largest absolute Gasteiger partial charge is 0.396 e. The fraction of sp³-hybridized carbons (Fsp3) is 0.588. The van der Waals surface area contributed by atoms with Gasteiger partial charge < -0.3 is 10.4 Å². The van der Waals surface area contributed by atoms with Crippen LogP contribution in [0.3, 0.4) is 0 Å². The van der Waals surface area contributed by atoms with Crippen molar-refractivity contribution >= 4 is 5.91 Å². The second kappa shape index (κ2) is 6.40. The molecular weight excluding hydrogens is 250 g/mol. The van der Waals surface area contributed by atoms with E-state index in [4.69, 9.17) is 0 Å². The Morgan fingerprint density at radius 1 is 1.25 bits per heavy atom. The number of benzene rings is 1. The van der Waals surface area contributed by atoms with E-state index in [2.05, 4.69) is 5.32 Å². The Kier molecular flexibility index (Phi) is 4.81. The van der Waals surface area contributed by atoms with Crippen LogP contribution < -0.4 is 5.32 Å². The smallest absolute Gasteiger partial charge is 0.230 e. The predicted molar refractivity (Wildman–Crippen MR) is 80.4 cm³/mol. The molecule has 3 heteroatoms. The molecule has 1 saturated carbocycles. The zero-order chi connectivity index (χ0) is 14.6. The number of amides is 1. The highest BCUT2D eigenvalue weighted by Gasteiger charge is 2.32. The van der Waals surface area contributed by atoms with Gasteiger partial charge in [0.2, 0.25) is 5.91 Å². The lowest BCUT2D eigenvalue weighted by Gasteiger charge is -2.26. The maximum Gasteiger partial charge on any atom is 0.230 e. The first-order valence-electron chi connectivity index (χ1n) is 7.50. The summed E-state index contributed by atoms with van der Waals surface area (Å²) in [6.07, 6.45) is 3.35. The van der Waals surface area contributed by atoms with Gasteiger partial charge in [-0.2, -0.15) is 0 Å². The summed E-state index contributed by atoms with van der Waals surface area (Å²) in [6.45, 7) is 4.83. The van der Waals surface area contributed by atoms with Crippen LogP contribution in [0.25, 0.3) is 0 Å². The Morgan fingerprint density at radius 2 is 1.90 bits per heavy atom. The number of hydrogen-bond donors (Lipinski definition) is 2. The van der Waals surface area contributed by atoms with Crippen LogP contribution in [0.4, 0.5) is 0 Å². The predicted octanol–water partition coefficient (Wildman–Crippen LogP) is 2.49. The Balaban J connectivity index is 1.94. The minimum absolute atomic E-state index is 0.0623. The molecule has 110 valence electrons. The first-order chi connectivity index (χ1) is 9.55. The molecule has 20 heavy (non-hydrogen) atoms. The molecule has 1 amide bonds. The molecule has 2 atom stereocenters. The molecule has 0 spiro atoms. The number of aliphatic hydroxyl groups excluding tert-OH is 1. The molecule has 3 nitrogen and oxygen atoms in total. The third-order valence-electron chi connectivity index (χ3n) is 4.64. The minimum Gasteiger partial charge on any atom is -0.396 e. The zero-order valence-electron chi connectivity index (χ0n) is 12.4. The first-order valence-corrected chi connectivity index (χ1v) is 7.50. The van der Waals surface area contributed by atoms with Gasteiger partial charge in [0.15, 0.2) is 0 Å². The summed E-state index contributed by atoms with van der Waals surface area (Å²) in [5, 5.41) is 12.4. The van der Waals surface area contributed by atoms with Gasteiger partial charge in [0, 0.05) is 13.2 Å². The zero-order valence-corrected chi connectivity index (χ0v) is 12.4. The van der Waals surface area contributed by atoms with E-state index in [9.17, 15) is 9.90 Å². The number of rotatable bonds is 5. The van der Waals surface area contributed by atoms with Crippen LogP contribution >= 0.6 is 0 Å². The molecule has 2 N–H and O–H groups in total. The third kappa shape index (κ3) is 3.21. The minimum atomic E-state index is -0.519. The van der Waals surface area contributed by atoms with Gasteiger partial charge in [-0.15, -0.1) is 0 Å². The summed E-state index contributed by atoms with van der Waals surface area (Å²) in [4.78, 5) is 12.4. The highest BCUT2D eigenvalue weighted by Crippen LogP contribution is 2.31. The van der Waals surface area contributed by atoms with Gasteiger partial charge in [-0.3, -0.25) is 4.79 Å². The van der Waals surface area contributed by atoms with Gasteiger partial charge >= 0.3 is 0 Å². The number of hydrogen-bond acceptors (Lipinski definition) is 2. The number of aliphatic hydroxyl groups is 1. The van der Waals surface area contributed by atoms with Gasteiger partial charge in [-0.1, -0.05) is 36.8 Å². The first kappa shape index (κ1) is 15.0. The molecule has 0 aromatic heterocycles. The molecule has 0 heterocycles. The maximum absolute atomic E-state index is 12.4. The van der Waals surface area contributed by atoms with Crippen molar-refractivity contribution in [3.8, 4) is 0 Å². The van der Waals surface area contributed by atoms with Crippen LogP contribution in [0.1, 0.15) is 38.7 Å². The van der Waals surface area contributed by atoms with Crippen LogP contribution in [0, 0.1) is 11.8 Å². The molecule has 0 radical (unpaired) electrons. The number of nitrogens with one attached hydrogen (secondary N) is 1. The lowest BCUT2D eigenvalue weighted by atomic mass is 9.83. The molecule has 0 aliphatic heterocycles. The van der Waals surface area contributed by atoms with Crippen molar-refractivity contribution in [2.75, 3.05) is 13.2 Å². The van der Waals surface area contributed by atoms with E-state index in [-0.39, 0.29) is 12.5 Å². The summed E-state index contributed by atoms with van der Waals surface area (Å²) in [7, 11) is 0. The lowest BCUT2D eigenvalue weighted by molar-refractivity contribution is -0.125. The van der Waals surface area contributed by atoms with E-state index >= 15 is 0 Å². The second-order valence-corrected chi connectivity index (χ2v) is 6.33. The van der Waals surface area contributed by atoms with Gasteiger partial charge in [-0.05, 0) is 44.1 Å². The number of carbonyl (C=O) groups is 1. The average Bonchev–Trinajstić information content (AvgIpc) is 2.93. The van der Waals surface area contributed by atoms with Crippen molar-refractivity contribution in [3.63, 3.8) is 0 Å². The standard InChI is InChI=1S/C17H25NO2/c1-17(2,15-9-4-3-5-10-15)16(20)18-11-13-7-6-8-14(13)12-19/h3-5,9-10,13-14,19H,6-8,11-12H2,1-2H3,(H,18,20). The number of carbonyl (C=O) groups excluding carboxylic acids is 1. The van der Waals surface area contributed by atoms with Crippen LogP contribution in [-0.4, -0.2) is 24.2 Å². The molecule has 1 aliphatic carbocycles. The maximum atomic E-state index is 12.4. The van der Waals surface area contributed by atoms with Gasteiger partial charge in [0.25, 0.3) is 0 Å². The summed E-state index contributed by atoms with van der Waals surface area (Å²) in [5.41, 5.74) is 0.511. The Hall–Kier alpha value is -1.35. The summed E-state index contributed by atoms with van der Waals surface area (Å²) >= 11 is 0. The monoisotopic (exact) mass is 275 g/mol. The Labute approximate surface area is 121 Å². The fourth-order valence-corrected chi connectivity index (χ4v) is 3.05. The van der Waals surface area contributed by atoms with Crippen molar-refractivity contribution < 1.29 is 9.90 Å².